The summed E-state index contributed by atoms with van der Waals surface area (Å²) in [5.74, 6) is -1.27. The number of anilines is 2. The summed E-state index contributed by atoms with van der Waals surface area (Å²) in [6.07, 6.45) is 0.761. The number of carbonyl (C=O) groups excluding carboxylic acids is 1. The summed E-state index contributed by atoms with van der Waals surface area (Å²) in [6.45, 7) is 0.627. The van der Waals surface area contributed by atoms with Crippen LogP contribution < -0.4 is 15.4 Å². The summed E-state index contributed by atoms with van der Waals surface area (Å²) in [5.41, 5.74) is 1.30. The lowest BCUT2D eigenvalue weighted by Crippen LogP contribution is -2.15. The highest BCUT2D eigenvalue weighted by Crippen LogP contribution is 2.15. The average molecular weight is 384 g/mol. The van der Waals surface area contributed by atoms with Crippen molar-refractivity contribution in [3.8, 4) is 5.75 Å². The van der Waals surface area contributed by atoms with Crippen molar-refractivity contribution in [3.05, 3.63) is 77.5 Å². The molecule has 0 atom stereocenters. The second kappa shape index (κ2) is 8.90. The van der Waals surface area contributed by atoms with Gasteiger partial charge < -0.3 is 15.4 Å². The molecule has 144 valence electrons. The maximum atomic E-state index is 13.2. The average Bonchev–Trinajstić information content (AvgIpc) is 2.71. The fraction of sp³-hybridized carbons (Fsp3) is 0.150. The lowest BCUT2D eigenvalue weighted by atomic mass is 10.1. The molecule has 1 amide bonds. The monoisotopic (exact) mass is 384 g/mol. The van der Waals surface area contributed by atoms with E-state index in [4.69, 9.17) is 4.74 Å². The molecular formula is C20H18F2N4O2. The molecule has 3 aromatic rings. The molecule has 0 fully saturated rings. The minimum absolute atomic E-state index is 0.0584. The molecule has 2 N–H and O–H groups in total. The van der Waals surface area contributed by atoms with Gasteiger partial charge in [0.05, 0.1) is 7.11 Å². The number of ether oxygens (including phenoxy) is 1. The van der Waals surface area contributed by atoms with E-state index in [-0.39, 0.29) is 11.4 Å². The van der Waals surface area contributed by atoms with E-state index in [1.807, 2.05) is 24.3 Å². The van der Waals surface area contributed by atoms with Gasteiger partial charge in [-0.15, -0.1) is 10.2 Å². The minimum atomic E-state index is -1.04. The quantitative estimate of drug-likeness (QED) is 0.650. The summed E-state index contributed by atoms with van der Waals surface area (Å²) in [7, 11) is 1.62. The van der Waals surface area contributed by atoms with Crippen LogP contribution in [0.3, 0.4) is 0 Å². The van der Waals surface area contributed by atoms with Gasteiger partial charge in [0.1, 0.15) is 11.6 Å². The van der Waals surface area contributed by atoms with Crippen LogP contribution in [0.5, 0.6) is 5.75 Å². The zero-order chi connectivity index (χ0) is 19.9. The highest BCUT2D eigenvalue weighted by molar-refractivity contribution is 6.02. The molecule has 0 aliphatic rings. The first-order valence-corrected chi connectivity index (χ1v) is 8.52. The number of amides is 1. The predicted molar refractivity (Wildman–Crippen MR) is 102 cm³/mol. The molecule has 0 unspecified atom stereocenters. The number of benzene rings is 2. The van der Waals surface area contributed by atoms with Crippen LogP contribution in [0, 0.1) is 11.6 Å². The molecule has 0 saturated heterocycles. The van der Waals surface area contributed by atoms with Gasteiger partial charge in [0.2, 0.25) is 0 Å². The number of aromatic nitrogens is 2. The lowest BCUT2D eigenvalue weighted by Gasteiger charge is -2.08. The smallest absolute Gasteiger partial charge is 0.276 e. The first-order valence-electron chi connectivity index (χ1n) is 8.52. The fourth-order valence-corrected chi connectivity index (χ4v) is 2.48. The number of carbonyl (C=O) groups is 1. The molecule has 2 aromatic carbocycles. The van der Waals surface area contributed by atoms with Crippen molar-refractivity contribution in [3.63, 3.8) is 0 Å². The SMILES string of the molecule is COc1cccc(CCNc2ccc(C(=O)Nc3ccc(F)c(F)c3)nn2)c1. The number of nitrogens with one attached hydrogen (secondary N) is 2. The number of nitrogens with zero attached hydrogens (tertiary/aromatic N) is 2. The number of methoxy groups -OCH3 is 1. The summed E-state index contributed by atoms with van der Waals surface area (Å²) in [6, 6.07) is 14.0. The Labute approximate surface area is 160 Å². The number of hydrogen-bond acceptors (Lipinski definition) is 5. The van der Waals surface area contributed by atoms with Crippen molar-refractivity contribution in [2.24, 2.45) is 0 Å². The Bertz CT molecular complexity index is 965. The summed E-state index contributed by atoms with van der Waals surface area (Å²) >= 11 is 0. The second-order valence-electron chi connectivity index (χ2n) is 5.92. The topological polar surface area (TPSA) is 76.1 Å². The predicted octanol–water partition coefficient (Wildman–Crippen LogP) is 3.67. The van der Waals surface area contributed by atoms with E-state index in [0.717, 1.165) is 29.9 Å². The van der Waals surface area contributed by atoms with Crippen molar-refractivity contribution in [1.82, 2.24) is 10.2 Å². The fourth-order valence-electron chi connectivity index (χ4n) is 2.48. The highest BCUT2D eigenvalue weighted by Gasteiger charge is 2.10. The van der Waals surface area contributed by atoms with Crippen molar-refractivity contribution >= 4 is 17.4 Å². The number of rotatable bonds is 7. The molecular weight excluding hydrogens is 366 g/mol. The van der Waals surface area contributed by atoms with Crippen LogP contribution in [0.4, 0.5) is 20.3 Å². The van der Waals surface area contributed by atoms with Crippen molar-refractivity contribution in [2.45, 2.75) is 6.42 Å². The Morgan fingerprint density at radius 1 is 1.04 bits per heavy atom. The van der Waals surface area contributed by atoms with Gasteiger partial charge >= 0.3 is 0 Å². The van der Waals surface area contributed by atoms with E-state index < -0.39 is 17.5 Å². The largest absolute Gasteiger partial charge is 0.497 e. The first-order chi connectivity index (χ1) is 13.5. The molecule has 1 heterocycles. The Morgan fingerprint density at radius 3 is 2.61 bits per heavy atom. The maximum Gasteiger partial charge on any atom is 0.276 e. The Balaban J connectivity index is 1.53. The number of halogens is 2. The van der Waals surface area contributed by atoms with Crippen LogP contribution in [-0.4, -0.2) is 29.8 Å². The minimum Gasteiger partial charge on any atom is -0.497 e. The molecule has 6 nitrogen and oxygen atoms in total. The molecule has 0 saturated carbocycles. The Kier molecular flexibility index (Phi) is 6.11. The summed E-state index contributed by atoms with van der Waals surface area (Å²) < 4.78 is 31.3. The van der Waals surface area contributed by atoms with E-state index in [1.54, 1.807) is 13.2 Å². The van der Waals surface area contributed by atoms with E-state index in [2.05, 4.69) is 20.8 Å². The van der Waals surface area contributed by atoms with Crippen LogP contribution in [0.15, 0.2) is 54.6 Å². The molecule has 0 radical (unpaired) electrons. The zero-order valence-corrected chi connectivity index (χ0v) is 15.1. The van der Waals surface area contributed by atoms with E-state index in [0.29, 0.717) is 12.4 Å². The standard InChI is InChI=1S/C20H18F2N4O2/c1-28-15-4-2-3-13(11-15)9-10-23-19-8-7-18(25-26-19)20(27)24-14-5-6-16(21)17(22)12-14/h2-8,11-12H,9-10H2,1H3,(H,23,26)(H,24,27). The molecule has 0 spiro atoms. The van der Waals surface area contributed by atoms with Gasteiger partial charge in [0.15, 0.2) is 17.3 Å². The van der Waals surface area contributed by atoms with Gasteiger partial charge in [-0.05, 0) is 48.4 Å². The zero-order valence-electron chi connectivity index (χ0n) is 15.1. The molecule has 1 aromatic heterocycles. The third-order valence-electron chi connectivity index (χ3n) is 3.93. The van der Waals surface area contributed by atoms with Gasteiger partial charge in [-0.25, -0.2) is 8.78 Å². The molecule has 3 rings (SSSR count). The van der Waals surface area contributed by atoms with Crippen LogP contribution in [0.2, 0.25) is 0 Å². The van der Waals surface area contributed by atoms with Gasteiger partial charge in [-0.2, -0.15) is 0 Å². The summed E-state index contributed by atoms with van der Waals surface area (Å²) in [5, 5.41) is 13.4. The summed E-state index contributed by atoms with van der Waals surface area (Å²) in [4.78, 5) is 12.1. The highest BCUT2D eigenvalue weighted by atomic mass is 19.2. The molecule has 8 heteroatoms. The van der Waals surface area contributed by atoms with E-state index in [9.17, 15) is 13.6 Å². The van der Waals surface area contributed by atoms with Crippen LogP contribution in [-0.2, 0) is 6.42 Å². The Morgan fingerprint density at radius 2 is 1.89 bits per heavy atom. The maximum absolute atomic E-state index is 13.2. The Hall–Kier alpha value is -3.55. The van der Waals surface area contributed by atoms with Crippen molar-refractivity contribution < 1.29 is 18.3 Å². The van der Waals surface area contributed by atoms with Crippen molar-refractivity contribution in [1.29, 1.82) is 0 Å². The molecule has 0 aliphatic carbocycles. The number of hydrogen-bond donors (Lipinski definition) is 2. The third kappa shape index (κ3) is 5.00. The van der Waals surface area contributed by atoms with Crippen LogP contribution >= 0.6 is 0 Å². The third-order valence-corrected chi connectivity index (χ3v) is 3.93. The van der Waals surface area contributed by atoms with Gasteiger partial charge in [-0.1, -0.05) is 12.1 Å². The van der Waals surface area contributed by atoms with Gasteiger partial charge in [-0.3, -0.25) is 4.79 Å². The van der Waals surface area contributed by atoms with Crippen molar-refractivity contribution in [2.75, 3.05) is 24.3 Å². The first kappa shape index (κ1) is 19.2. The van der Waals surface area contributed by atoms with E-state index in [1.165, 1.54) is 12.1 Å². The molecule has 28 heavy (non-hydrogen) atoms. The normalized spacial score (nSPS) is 10.4. The lowest BCUT2D eigenvalue weighted by molar-refractivity contribution is 0.102. The molecule has 0 bridgehead atoms. The van der Waals surface area contributed by atoms with Crippen LogP contribution in [0.25, 0.3) is 0 Å². The van der Waals surface area contributed by atoms with E-state index >= 15 is 0 Å². The molecule has 0 aliphatic heterocycles. The second-order valence-corrected chi connectivity index (χ2v) is 5.92. The van der Waals surface area contributed by atoms with Crippen LogP contribution in [0.1, 0.15) is 16.1 Å². The van der Waals surface area contributed by atoms with Gasteiger partial charge in [0.25, 0.3) is 5.91 Å². The van der Waals surface area contributed by atoms with Gasteiger partial charge in [0, 0.05) is 18.3 Å².